The van der Waals surface area contributed by atoms with E-state index in [1.165, 1.54) is 18.4 Å². The van der Waals surface area contributed by atoms with Crippen molar-refractivity contribution in [2.45, 2.75) is 0 Å². The van der Waals surface area contributed by atoms with Crippen molar-refractivity contribution in [1.29, 1.82) is 0 Å². The van der Waals surface area contributed by atoms with Crippen LogP contribution in [-0.2, 0) is 4.79 Å². The van der Waals surface area contributed by atoms with E-state index < -0.39 is 5.91 Å². The van der Waals surface area contributed by atoms with E-state index in [9.17, 15) is 4.79 Å². The fourth-order valence-corrected chi connectivity index (χ4v) is 2.15. The Morgan fingerprint density at radius 2 is 1.90 bits per heavy atom. The second kappa shape index (κ2) is 7.26. The highest BCUT2D eigenvalue weighted by Gasteiger charge is 2.08. The summed E-state index contributed by atoms with van der Waals surface area (Å²) >= 11 is 17.0. The normalized spacial score (nSPS) is 10.6. The molecule has 0 atom stereocenters. The van der Waals surface area contributed by atoms with E-state index in [-0.39, 0.29) is 5.11 Å². The number of amides is 1. The Hall–Kier alpha value is -1.82. The van der Waals surface area contributed by atoms with E-state index in [0.717, 1.165) is 0 Å². The smallest absolute Gasteiger partial charge is 0.250 e. The van der Waals surface area contributed by atoms with E-state index in [0.29, 0.717) is 21.5 Å². The molecule has 0 unspecified atom stereocenters. The van der Waals surface area contributed by atoms with Gasteiger partial charge in [-0.25, -0.2) is 0 Å². The number of thiocarbonyl (C=S) groups is 1. The SMILES string of the molecule is O=C(/C=C/c1ccco1)NC(=S)Nc1c(Cl)cccc1Cl. The number of hydrogen-bond acceptors (Lipinski definition) is 3. The van der Waals surface area contributed by atoms with Gasteiger partial charge in [0.2, 0.25) is 5.91 Å². The van der Waals surface area contributed by atoms with Gasteiger partial charge in [0.05, 0.1) is 22.0 Å². The number of benzene rings is 1. The van der Waals surface area contributed by atoms with Gasteiger partial charge in [0, 0.05) is 6.08 Å². The first kappa shape index (κ1) is 15.6. The number of nitrogens with one attached hydrogen (secondary N) is 2. The molecule has 0 saturated carbocycles. The van der Waals surface area contributed by atoms with Gasteiger partial charge in [-0.2, -0.15) is 0 Å². The van der Waals surface area contributed by atoms with Gasteiger partial charge in [0.15, 0.2) is 5.11 Å². The second-order valence-electron chi connectivity index (χ2n) is 3.89. The predicted octanol–water partition coefficient (Wildman–Crippen LogP) is 4.11. The van der Waals surface area contributed by atoms with Gasteiger partial charge in [0.25, 0.3) is 0 Å². The average Bonchev–Trinajstić information content (AvgIpc) is 2.94. The van der Waals surface area contributed by atoms with Crippen LogP contribution in [0, 0.1) is 0 Å². The number of anilines is 1. The molecule has 1 amide bonds. The van der Waals surface area contributed by atoms with E-state index in [2.05, 4.69) is 10.6 Å². The van der Waals surface area contributed by atoms with Gasteiger partial charge in [-0.05, 0) is 42.6 Å². The minimum absolute atomic E-state index is 0.0964. The van der Waals surface area contributed by atoms with Crippen LogP contribution in [0.5, 0.6) is 0 Å². The lowest BCUT2D eigenvalue weighted by molar-refractivity contribution is -0.115. The van der Waals surface area contributed by atoms with Crippen LogP contribution in [-0.4, -0.2) is 11.0 Å². The zero-order valence-electron chi connectivity index (χ0n) is 10.6. The molecule has 0 radical (unpaired) electrons. The lowest BCUT2D eigenvalue weighted by Gasteiger charge is -2.11. The molecule has 0 aliphatic rings. The Morgan fingerprint density at radius 1 is 1.19 bits per heavy atom. The standard InChI is InChI=1S/C14H10Cl2N2O2S/c15-10-4-1-5-11(16)13(10)18-14(21)17-12(19)7-6-9-3-2-8-20-9/h1-8H,(H2,17,18,19,21)/b7-6+. The molecule has 0 spiro atoms. The number of hydrogen-bond donors (Lipinski definition) is 2. The Kier molecular flexibility index (Phi) is 5.38. The quantitative estimate of drug-likeness (QED) is 0.652. The second-order valence-corrected chi connectivity index (χ2v) is 5.11. The highest BCUT2D eigenvalue weighted by molar-refractivity contribution is 7.80. The van der Waals surface area contributed by atoms with Crippen LogP contribution in [0.1, 0.15) is 5.76 Å². The van der Waals surface area contributed by atoms with Gasteiger partial charge in [-0.3, -0.25) is 10.1 Å². The molecule has 2 rings (SSSR count). The number of halogens is 2. The van der Waals surface area contributed by atoms with Gasteiger partial charge in [0.1, 0.15) is 5.76 Å². The van der Waals surface area contributed by atoms with Crippen molar-refractivity contribution in [3.63, 3.8) is 0 Å². The van der Waals surface area contributed by atoms with Gasteiger partial charge < -0.3 is 9.73 Å². The molecule has 1 heterocycles. The first-order valence-electron chi connectivity index (χ1n) is 5.84. The van der Waals surface area contributed by atoms with Crippen LogP contribution in [0.15, 0.2) is 47.1 Å². The number of carbonyl (C=O) groups excluding carboxylic acids is 1. The van der Waals surface area contributed by atoms with Crippen molar-refractivity contribution in [1.82, 2.24) is 5.32 Å². The topological polar surface area (TPSA) is 54.3 Å². The van der Waals surface area contributed by atoms with Crippen LogP contribution < -0.4 is 10.6 Å². The number of para-hydroxylation sites is 1. The van der Waals surface area contributed by atoms with E-state index in [4.69, 9.17) is 39.8 Å². The summed E-state index contributed by atoms with van der Waals surface area (Å²) in [7, 11) is 0. The van der Waals surface area contributed by atoms with E-state index >= 15 is 0 Å². The van der Waals surface area contributed by atoms with Crippen molar-refractivity contribution in [2.75, 3.05) is 5.32 Å². The maximum absolute atomic E-state index is 11.7. The summed E-state index contributed by atoms with van der Waals surface area (Å²) in [5, 5.41) is 6.17. The van der Waals surface area contributed by atoms with Crippen LogP contribution in [0.2, 0.25) is 10.0 Å². The fraction of sp³-hybridized carbons (Fsp3) is 0. The molecule has 0 aliphatic heterocycles. The highest BCUT2D eigenvalue weighted by atomic mass is 35.5. The minimum Gasteiger partial charge on any atom is -0.465 e. The minimum atomic E-state index is -0.396. The monoisotopic (exact) mass is 340 g/mol. The Balaban J connectivity index is 1.94. The summed E-state index contributed by atoms with van der Waals surface area (Å²) in [4.78, 5) is 11.7. The Labute approximate surface area is 136 Å². The molecule has 0 saturated heterocycles. The molecule has 0 bridgehead atoms. The lowest BCUT2D eigenvalue weighted by atomic mass is 10.3. The van der Waals surface area contributed by atoms with Crippen LogP contribution in [0.4, 0.5) is 5.69 Å². The third-order valence-corrected chi connectivity index (χ3v) is 3.21. The van der Waals surface area contributed by atoms with E-state index in [1.54, 1.807) is 30.3 Å². The molecular formula is C14H10Cl2N2O2S. The summed E-state index contributed by atoms with van der Waals surface area (Å²) in [6, 6.07) is 8.49. The first-order valence-corrected chi connectivity index (χ1v) is 7.00. The van der Waals surface area contributed by atoms with Gasteiger partial charge >= 0.3 is 0 Å². The lowest BCUT2D eigenvalue weighted by Crippen LogP contribution is -2.33. The van der Waals surface area contributed by atoms with Crippen molar-refractivity contribution < 1.29 is 9.21 Å². The molecule has 2 aromatic rings. The molecule has 108 valence electrons. The third kappa shape index (κ3) is 4.60. The maximum atomic E-state index is 11.7. The maximum Gasteiger partial charge on any atom is 0.250 e. The van der Waals surface area contributed by atoms with Crippen LogP contribution in [0.3, 0.4) is 0 Å². The van der Waals surface area contributed by atoms with Crippen LogP contribution >= 0.6 is 35.4 Å². The van der Waals surface area contributed by atoms with Gasteiger partial charge in [-0.1, -0.05) is 29.3 Å². The largest absolute Gasteiger partial charge is 0.465 e. The summed E-state index contributed by atoms with van der Waals surface area (Å²) in [5.41, 5.74) is 0.446. The Bertz CT molecular complexity index is 664. The third-order valence-electron chi connectivity index (χ3n) is 2.38. The molecule has 21 heavy (non-hydrogen) atoms. The number of rotatable bonds is 3. The van der Waals surface area contributed by atoms with Crippen molar-refractivity contribution in [3.8, 4) is 0 Å². The fourth-order valence-electron chi connectivity index (χ4n) is 1.46. The zero-order valence-corrected chi connectivity index (χ0v) is 12.9. The highest BCUT2D eigenvalue weighted by Crippen LogP contribution is 2.29. The molecule has 0 aliphatic carbocycles. The van der Waals surface area contributed by atoms with E-state index in [1.807, 2.05) is 0 Å². The van der Waals surface area contributed by atoms with Crippen molar-refractivity contribution in [3.05, 3.63) is 58.5 Å². The van der Waals surface area contributed by atoms with Gasteiger partial charge in [-0.15, -0.1) is 0 Å². The Morgan fingerprint density at radius 3 is 2.52 bits per heavy atom. The average molecular weight is 341 g/mol. The first-order chi connectivity index (χ1) is 10.1. The molecule has 1 aromatic heterocycles. The number of carbonyl (C=O) groups is 1. The van der Waals surface area contributed by atoms with Crippen molar-refractivity contribution in [2.24, 2.45) is 0 Å². The summed E-state index contributed by atoms with van der Waals surface area (Å²) < 4.78 is 5.07. The molecule has 7 heteroatoms. The zero-order chi connectivity index (χ0) is 15.2. The molecule has 2 N–H and O–H groups in total. The molecular weight excluding hydrogens is 331 g/mol. The number of furan rings is 1. The summed E-state index contributed by atoms with van der Waals surface area (Å²) in [5.74, 6) is 0.172. The molecule has 1 aromatic carbocycles. The molecule has 0 fully saturated rings. The molecule has 4 nitrogen and oxygen atoms in total. The van der Waals surface area contributed by atoms with Crippen molar-refractivity contribution >= 4 is 58.2 Å². The van der Waals surface area contributed by atoms with Crippen LogP contribution in [0.25, 0.3) is 6.08 Å². The summed E-state index contributed by atoms with van der Waals surface area (Å²) in [6.07, 6.45) is 4.35. The predicted molar refractivity (Wildman–Crippen MR) is 88.6 cm³/mol. The summed E-state index contributed by atoms with van der Waals surface area (Å²) in [6.45, 7) is 0.